The average molecular weight is 369 g/mol. The van der Waals surface area contributed by atoms with E-state index in [2.05, 4.69) is 25.2 Å². The van der Waals surface area contributed by atoms with E-state index < -0.39 is 0 Å². The van der Waals surface area contributed by atoms with E-state index >= 15 is 0 Å². The first-order valence-corrected chi connectivity index (χ1v) is 5.18. The number of allylic oxidation sites excluding steroid dienone is 4. The molecule has 1 aliphatic rings. The standard InChI is InChI=1S/C5H5.C2H7Si.2CH3.ClH.Hf/c1-2-4-5-3-1;1-3-2;;;;/h1-3H,4H2;3H,1-2H3;2*1H3;1H;/q-1;;2*-1;;. The smallest absolute Gasteiger partial charge is 0.0213 e. The van der Waals surface area contributed by atoms with Crippen molar-refractivity contribution in [3.63, 3.8) is 0 Å². The summed E-state index contributed by atoms with van der Waals surface area (Å²) < 4.78 is 0. The Bertz CT molecular complexity index is 82.5. The Morgan fingerprint density at radius 2 is 1.67 bits per heavy atom. The first-order chi connectivity index (χ1) is 3.91. The third-order valence-electron chi connectivity index (χ3n) is 0.586. The van der Waals surface area contributed by atoms with Gasteiger partial charge < -0.3 is 14.9 Å². The van der Waals surface area contributed by atoms with E-state index in [0.29, 0.717) is 0 Å². The van der Waals surface area contributed by atoms with Crippen LogP contribution in [0.4, 0.5) is 0 Å². The van der Waals surface area contributed by atoms with Gasteiger partial charge in [-0.1, -0.05) is 13.1 Å². The molecule has 73 valence electrons. The van der Waals surface area contributed by atoms with E-state index in [4.69, 9.17) is 0 Å². The van der Waals surface area contributed by atoms with Crippen LogP contribution >= 0.6 is 12.4 Å². The molecule has 1 rings (SSSR count). The van der Waals surface area contributed by atoms with Gasteiger partial charge in [0.25, 0.3) is 0 Å². The van der Waals surface area contributed by atoms with Crippen LogP contribution in [0.1, 0.15) is 6.42 Å². The minimum Gasteiger partial charge on any atom is -0.358 e. The van der Waals surface area contributed by atoms with Crippen molar-refractivity contribution in [1.82, 2.24) is 0 Å². The van der Waals surface area contributed by atoms with Crippen LogP contribution in [0.15, 0.2) is 18.2 Å². The maximum absolute atomic E-state index is 2.99. The van der Waals surface area contributed by atoms with Gasteiger partial charge in [-0.15, -0.1) is 18.8 Å². The second-order valence-electron chi connectivity index (χ2n) is 1.58. The Morgan fingerprint density at radius 3 is 1.75 bits per heavy atom. The molecule has 0 unspecified atom stereocenters. The van der Waals surface area contributed by atoms with Gasteiger partial charge in [0.2, 0.25) is 0 Å². The molecule has 0 aromatic carbocycles. The van der Waals surface area contributed by atoms with E-state index in [1.165, 1.54) is 0 Å². The summed E-state index contributed by atoms with van der Waals surface area (Å²) in [4.78, 5) is 0. The first kappa shape index (κ1) is 29.3. The minimum atomic E-state index is 0. The molecule has 0 aromatic rings. The van der Waals surface area contributed by atoms with Gasteiger partial charge in [0.05, 0.1) is 0 Å². The molecule has 0 atom stereocenters. The molecule has 0 bridgehead atoms. The zero-order valence-corrected chi connectivity index (χ0v) is 14.0. The van der Waals surface area contributed by atoms with Crippen molar-refractivity contribution in [3.8, 4) is 0 Å². The van der Waals surface area contributed by atoms with Gasteiger partial charge in [-0.05, 0) is 0 Å². The van der Waals surface area contributed by atoms with Crippen molar-refractivity contribution >= 4 is 21.9 Å². The van der Waals surface area contributed by atoms with Crippen molar-refractivity contribution < 1.29 is 25.8 Å². The van der Waals surface area contributed by atoms with Gasteiger partial charge in [0.1, 0.15) is 0 Å². The summed E-state index contributed by atoms with van der Waals surface area (Å²) in [7, 11) is 0.750. The number of halogens is 1. The van der Waals surface area contributed by atoms with Crippen LogP contribution < -0.4 is 0 Å². The number of hydrogen-bond donors (Lipinski definition) is 0. The molecule has 0 aromatic heterocycles. The van der Waals surface area contributed by atoms with Crippen LogP contribution in [0.5, 0.6) is 0 Å². The molecule has 0 saturated carbocycles. The SMILES string of the molecule is C[SiH]C.Cl.[C-]1=CC=CC1.[CH3-].[CH3-].[Hf]. The van der Waals surface area contributed by atoms with Crippen molar-refractivity contribution in [2.24, 2.45) is 0 Å². The van der Waals surface area contributed by atoms with Gasteiger partial charge >= 0.3 is 0 Å². The molecule has 0 spiro atoms. The maximum atomic E-state index is 2.99. The molecule has 0 aliphatic heterocycles. The van der Waals surface area contributed by atoms with Gasteiger partial charge in [-0.25, -0.2) is 12.2 Å². The Morgan fingerprint density at radius 1 is 1.25 bits per heavy atom. The third-order valence-corrected chi connectivity index (χ3v) is 0.586. The van der Waals surface area contributed by atoms with Gasteiger partial charge in [-0.2, -0.15) is 6.08 Å². The van der Waals surface area contributed by atoms with E-state index in [1.807, 2.05) is 12.2 Å². The van der Waals surface area contributed by atoms with Crippen molar-refractivity contribution in [1.29, 1.82) is 0 Å². The molecule has 0 amide bonds. The summed E-state index contributed by atoms with van der Waals surface area (Å²) >= 11 is 0. The predicted molar refractivity (Wildman–Crippen MR) is 60.5 cm³/mol. The molecule has 0 N–H and O–H groups in total. The molecule has 1 radical (unpaired) electrons. The topological polar surface area (TPSA) is 0 Å². The van der Waals surface area contributed by atoms with Crippen LogP contribution in [0.25, 0.3) is 0 Å². The second-order valence-corrected chi connectivity index (χ2v) is 2.74. The predicted octanol–water partition coefficient (Wildman–Crippen LogP) is 3.14. The van der Waals surface area contributed by atoms with E-state index in [1.54, 1.807) is 0 Å². The Labute approximate surface area is 106 Å². The van der Waals surface area contributed by atoms with Gasteiger partial charge in [-0.3, -0.25) is 6.08 Å². The summed E-state index contributed by atoms with van der Waals surface area (Å²) in [5.74, 6) is 0. The summed E-state index contributed by atoms with van der Waals surface area (Å²) in [6, 6.07) is 0. The summed E-state index contributed by atoms with van der Waals surface area (Å²) in [6.45, 7) is 4.42. The molecular formula is C9H19ClHfSi-3. The molecule has 1 aliphatic carbocycles. The number of hydrogen-bond acceptors (Lipinski definition) is 0. The van der Waals surface area contributed by atoms with Crippen molar-refractivity contribution in [2.75, 3.05) is 0 Å². The zero-order chi connectivity index (χ0) is 6.24. The zero-order valence-electron chi connectivity index (χ0n) is 8.42. The molecule has 0 saturated heterocycles. The Kier molecular flexibility index (Phi) is 72.5. The summed E-state index contributed by atoms with van der Waals surface area (Å²) in [6.07, 6.45) is 10.0. The molecule has 3 heteroatoms. The Hall–Kier alpha value is 0.857. The van der Waals surface area contributed by atoms with E-state index in [-0.39, 0.29) is 53.1 Å². The first-order valence-electron chi connectivity index (χ1n) is 2.87. The normalized spacial score (nSPS) is 8.83. The monoisotopic (exact) mass is 370 g/mol. The van der Waals surface area contributed by atoms with Crippen LogP contribution in [-0.2, 0) is 25.8 Å². The fourth-order valence-electron chi connectivity index (χ4n) is 0.340. The molecule has 0 heterocycles. The summed E-state index contributed by atoms with van der Waals surface area (Å²) in [5.41, 5.74) is 0. The largest absolute Gasteiger partial charge is 0.358 e. The molecule has 0 nitrogen and oxygen atoms in total. The van der Waals surface area contributed by atoms with Crippen LogP contribution in [-0.4, -0.2) is 9.52 Å². The minimum absolute atomic E-state index is 0. The second kappa shape index (κ2) is 29.7. The summed E-state index contributed by atoms with van der Waals surface area (Å²) in [5, 5.41) is 0. The fourth-order valence-corrected chi connectivity index (χ4v) is 0.340. The van der Waals surface area contributed by atoms with E-state index in [9.17, 15) is 0 Å². The van der Waals surface area contributed by atoms with E-state index in [0.717, 1.165) is 15.9 Å². The van der Waals surface area contributed by atoms with Gasteiger partial charge in [0, 0.05) is 35.4 Å². The van der Waals surface area contributed by atoms with Crippen LogP contribution in [0.3, 0.4) is 0 Å². The number of rotatable bonds is 0. The average Bonchev–Trinajstić information content (AvgIpc) is 2.17. The third kappa shape index (κ3) is 30.8. The Balaban J connectivity index is -0.0000000219. The van der Waals surface area contributed by atoms with Gasteiger partial charge in [0.15, 0.2) is 0 Å². The molecular weight excluding hydrogens is 350 g/mol. The quantitative estimate of drug-likeness (QED) is 0.455. The van der Waals surface area contributed by atoms with Crippen LogP contribution in [0, 0.1) is 20.9 Å². The molecule has 12 heavy (non-hydrogen) atoms. The van der Waals surface area contributed by atoms with Crippen molar-refractivity contribution in [3.05, 3.63) is 39.2 Å². The van der Waals surface area contributed by atoms with Crippen molar-refractivity contribution in [2.45, 2.75) is 19.5 Å². The van der Waals surface area contributed by atoms with Crippen LogP contribution in [0.2, 0.25) is 13.1 Å². The fraction of sp³-hybridized carbons (Fsp3) is 0.333. The maximum Gasteiger partial charge on any atom is 0.0213 e. The molecule has 0 fully saturated rings.